The Balaban J connectivity index is 2.05. The van der Waals surface area contributed by atoms with Gasteiger partial charge in [-0.1, -0.05) is 0 Å². The van der Waals surface area contributed by atoms with Crippen molar-refractivity contribution in [2.24, 2.45) is 7.05 Å². The third-order valence-corrected chi connectivity index (χ3v) is 5.33. The predicted octanol–water partition coefficient (Wildman–Crippen LogP) is 1.62. The fourth-order valence-corrected chi connectivity index (χ4v) is 3.54. The summed E-state index contributed by atoms with van der Waals surface area (Å²) in [5, 5.41) is 8.59. The van der Waals surface area contributed by atoms with E-state index in [0.29, 0.717) is 30.6 Å². The second-order valence-electron chi connectivity index (χ2n) is 7.09. The van der Waals surface area contributed by atoms with Crippen LogP contribution in [0.2, 0.25) is 0 Å². The summed E-state index contributed by atoms with van der Waals surface area (Å²) < 4.78 is 15.0. The first-order chi connectivity index (χ1) is 14.7. The van der Waals surface area contributed by atoms with Gasteiger partial charge in [-0.15, -0.1) is 0 Å². The third kappa shape index (κ3) is 6.26. The number of nitrogens with zero attached hydrogens (tertiary/aromatic N) is 4. The van der Waals surface area contributed by atoms with E-state index in [9.17, 15) is 19.2 Å². The molecule has 0 saturated heterocycles. The molecule has 0 bridgehead atoms. The summed E-state index contributed by atoms with van der Waals surface area (Å²) in [7, 11) is 1.56. The van der Waals surface area contributed by atoms with Crippen molar-refractivity contribution in [3.05, 3.63) is 25.6 Å². The summed E-state index contributed by atoms with van der Waals surface area (Å²) in [5.41, 5.74) is -0.341. The second kappa shape index (κ2) is 11.2. The summed E-state index contributed by atoms with van der Waals surface area (Å²) >= 11 is 3.31. The van der Waals surface area contributed by atoms with Crippen molar-refractivity contribution in [2.75, 3.05) is 6.61 Å². The van der Waals surface area contributed by atoms with E-state index in [1.54, 1.807) is 18.5 Å². The van der Waals surface area contributed by atoms with Crippen molar-refractivity contribution in [3.63, 3.8) is 0 Å². The van der Waals surface area contributed by atoms with E-state index in [1.807, 2.05) is 6.92 Å². The molecule has 0 unspecified atom stereocenters. The summed E-state index contributed by atoms with van der Waals surface area (Å²) in [6, 6.07) is 0. The van der Waals surface area contributed by atoms with Gasteiger partial charge in [-0.05, 0) is 49.0 Å². The van der Waals surface area contributed by atoms with E-state index in [4.69, 9.17) is 14.6 Å². The van der Waals surface area contributed by atoms with Crippen LogP contribution in [0.4, 0.5) is 0 Å². The van der Waals surface area contributed by atoms with Crippen molar-refractivity contribution in [3.8, 4) is 0 Å². The van der Waals surface area contributed by atoms with Crippen molar-refractivity contribution in [2.45, 2.75) is 65.3 Å². The minimum atomic E-state index is -1.05. The Bertz CT molecular complexity index is 1060. The molecule has 31 heavy (non-hydrogen) atoms. The maximum absolute atomic E-state index is 13.0. The SMILES string of the molecule is CCOCn1c(Br)nc2c1c(=O)n(CCCC[C@@H](C)OC(=O)CCC(=O)O)c(=O)n2C. The van der Waals surface area contributed by atoms with Crippen molar-refractivity contribution in [1.82, 2.24) is 18.7 Å². The maximum atomic E-state index is 13.0. The number of carbonyl (C=O) groups excluding carboxylic acids is 1. The number of fused-ring (bicyclic) bond motifs is 1. The summed E-state index contributed by atoms with van der Waals surface area (Å²) in [6.45, 7) is 4.36. The highest BCUT2D eigenvalue weighted by molar-refractivity contribution is 9.10. The predicted molar refractivity (Wildman–Crippen MR) is 115 cm³/mol. The number of rotatable bonds is 12. The monoisotopic (exact) mass is 502 g/mol. The Labute approximate surface area is 186 Å². The number of hydrogen-bond donors (Lipinski definition) is 1. The number of aryl methyl sites for hydroxylation is 1. The zero-order valence-electron chi connectivity index (χ0n) is 17.8. The molecule has 0 spiro atoms. The normalized spacial score (nSPS) is 12.3. The minimum absolute atomic E-state index is 0.131. The number of aromatic nitrogens is 4. The first-order valence-electron chi connectivity index (χ1n) is 10.0. The van der Waals surface area contributed by atoms with Gasteiger partial charge in [0.2, 0.25) is 0 Å². The first-order valence-corrected chi connectivity index (χ1v) is 10.8. The van der Waals surface area contributed by atoms with Crippen LogP contribution in [0.15, 0.2) is 14.3 Å². The van der Waals surface area contributed by atoms with Gasteiger partial charge in [-0.3, -0.25) is 28.1 Å². The molecule has 0 aliphatic carbocycles. The molecule has 2 aromatic heterocycles. The molecule has 1 atom stereocenters. The topological polar surface area (TPSA) is 135 Å². The summed E-state index contributed by atoms with van der Waals surface area (Å²) in [4.78, 5) is 52.0. The lowest BCUT2D eigenvalue weighted by molar-refractivity contribution is -0.151. The van der Waals surface area contributed by atoms with Crippen LogP contribution in [-0.4, -0.2) is 48.4 Å². The zero-order chi connectivity index (χ0) is 23.1. The van der Waals surface area contributed by atoms with Gasteiger partial charge in [0, 0.05) is 20.2 Å². The number of halogens is 1. The zero-order valence-corrected chi connectivity index (χ0v) is 19.4. The van der Waals surface area contributed by atoms with Gasteiger partial charge in [-0.25, -0.2) is 9.78 Å². The highest BCUT2D eigenvalue weighted by Gasteiger charge is 2.19. The van der Waals surface area contributed by atoms with Gasteiger partial charge >= 0.3 is 17.6 Å². The van der Waals surface area contributed by atoms with Crippen LogP contribution < -0.4 is 11.2 Å². The van der Waals surface area contributed by atoms with E-state index in [1.165, 1.54) is 9.13 Å². The van der Waals surface area contributed by atoms with Crippen molar-refractivity contribution in [1.29, 1.82) is 0 Å². The van der Waals surface area contributed by atoms with E-state index in [-0.39, 0.29) is 43.4 Å². The van der Waals surface area contributed by atoms with Gasteiger partial charge in [-0.2, -0.15) is 0 Å². The number of carbonyl (C=O) groups is 2. The molecule has 0 fully saturated rings. The molecule has 172 valence electrons. The average Bonchev–Trinajstić information content (AvgIpc) is 3.04. The number of hydrogen-bond acceptors (Lipinski definition) is 7. The summed E-state index contributed by atoms with van der Waals surface area (Å²) in [6.07, 6.45) is 0.851. The van der Waals surface area contributed by atoms with Gasteiger partial charge in [0.25, 0.3) is 5.56 Å². The highest BCUT2D eigenvalue weighted by atomic mass is 79.9. The molecule has 12 heteroatoms. The van der Waals surface area contributed by atoms with Crippen LogP contribution >= 0.6 is 15.9 Å². The van der Waals surface area contributed by atoms with E-state index < -0.39 is 23.2 Å². The molecule has 2 heterocycles. The Morgan fingerprint density at radius 2 is 1.90 bits per heavy atom. The quantitative estimate of drug-likeness (QED) is 0.262. The Morgan fingerprint density at radius 3 is 2.55 bits per heavy atom. The third-order valence-electron chi connectivity index (χ3n) is 4.73. The van der Waals surface area contributed by atoms with Gasteiger partial charge in [0.05, 0.1) is 18.9 Å². The van der Waals surface area contributed by atoms with E-state index in [2.05, 4.69) is 20.9 Å². The number of ether oxygens (including phenoxy) is 2. The number of unbranched alkanes of at least 4 members (excludes halogenated alkanes) is 1. The molecule has 0 aliphatic rings. The molecular weight excluding hydrogens is 476 g/mol. The summed E-state index contributed by atoms with van der Waals surface area (Å²) in [5.74, 6) is -1.61. The molecule has 11 nitrogen and oxygen atoms in total. The molecule has 0 radical (unpaired) electrons. The number of aliphatic carboxylic acids is 1. The maximum Gasteiger partial charge on any atom is 0.332 e. The standard InChI is InChI=1S/C19H27BrN4O7/c1-4-30-11-24-15-16(21-18(24)20)22(3)19(29)23(17(15)28)10-6-5-7-12(2)31-14(27)9-8-13(25)26/h12H,4-11H2,1-3H3,(H,25,26)/t12-/m1/s1. The largest absolute Gasteiger partial charge is 0.481 e. The molecule has 0 amide bonds. The lowest BCUT2D eigenvalue weighted by atomic mass is 10.1. The van der Waals surface area contributed by atoms with Gasteiger partial charge in [0.15, 0.2) is 15.9 Å². The fourth-order valence-electron chi connectivity index (χ4n) is 3.10. The Hall–Kier alpha value is -2.47. The molecular formula is C19H27BrN4O7. The number of carboxylic acid groups (broad SMARTS) is 1. The molecule has 2 rings (SSSR count). The van der Waals surface area contributed by atoms with Crippen molar-refractivity contribution < 1.29 is 24.2 Å². The lowest BCUT2D eigenvalue weighted by Gasteiger charge is -2.13. The minimum Gasteiger partial charge on any atom is -0.481 e. The van der Waals surface area contributed by atoms with E-state index in [0.717, 1.165) is 0 Å². The molecule has 2 aromatic rings. The van der Waals surface area contributed by atoms with Crippen LogP contribution in [-0.2, 0) is 39.4 Å². The first kappa shape index (κ1) is 24.8. The molecule has 0 aromatic carbocycles. The number of imidazole rings is 1. The molecule has 0 saturated carbocycles. The smallest absolute Gasteiger partial charge is 0.332 e. The molecule has 0 aliphatic heterocycles. The average molecular weight is 503 g/mol. The van der Waals surface area contributed by atoms with Crippen molar-refractivity contribution >= 4 is 39.0 Å². The number of carboxylic acids is 1. The molecule has 1 N–H and O–H groups in total. The highest BCUT2D eigenvalue weighted by Crippen LogP contribution is 2.16. The Kier molecular flexibility index (Phi) is 8.99. The van der Waals surface area contributed by atoms with Gasteiger partial charge in [0.1, 0.15) is 6.73 Å². The van der Waals surface area contributed by atoms with Crippen LogP contribution in [0.3, 0.4) is 0 Å². The van der Waals surface area contributed by atoms with Crippen LogP contribution in [0.5, 0.6) is 0 Å². The number of esters is 1. The van der Waals surface area contributed by atoms with Crippen LogP contribution in [0.25, 0.3) is 11.2 Å². The van der Waals surface area contributed by atoms with Crippen LogP contribution in [0, 0.1) is 0 Å². The second-order valence-corrected chi connectivity index (χ2v) is 7.80. The lowest BCUT2D eigenvalue weighted by Crippen LogP contribution is -2.39. The van der Waals surface area contributed by atoms with Gasteiger partial charge < -0.3 is 14.6 Å². The Morgan fingerprint density at radius 1 is 1.19 bits per heavy atom. The fraction of sp³-hybridized carbons (Fsp3) is 0.632. The van der Waals surface area contributed by atoms with Crippen LogP contribution in [0.1, 0.15) is 46.0 Å². The van der Waals surface area contributed by atoms with E-state index >= 15 is 0 Å².